The largest absolute Gasteiger partial charge is 0.455 e. The topological polar surface area (TPSA) is 56.8 Å². The lowest BCUT2D eigenvalue weighted by Crippen LogP contribution is -1.90. The van der Waals surface area contributed by atoms with Gasteiger partial charge in [0, 0.05) is 0 Å². The molecule has 0 fully saturated rings. The summed E-state index contributed by atoms with van der Waals surface area (Å²) in [5.41, 5.74) is 1.89. The van der Waals surface area contributed by atoms with E-state index in [1.54, 1.807) is 30.3 Å². The fourth-order valence-electron chi connectivity index (χ4n) is 1.55. The van der Waals surface area contributed by atoms with E-state index in [9.17, 15) is 0 Å². The van der Waals surface area contributed by atoms with Crippen LogP contribution in [-0.2, 0) is 0 Å². The molecule has 0 atom stereocenters. The van der Waals surface area contributed by atoms with E-state index < -0.39 is 0 Å². The average Bonchev–Trinajstić information content (AvgIpc) is 2.43. The predicted octanol–water partition coefficient (Wildman–Crippen LogP) is 4.18. The highest BCUT2D eigenvalue weighted by Crippen LogP contribution is 2.32. The summed E-state index contributed by atoms with van der Waals surface area (Å²) in [4.78, 5) is 0. The van der Waals surface area contributed by atoms with Crippen LogP contribution in [0.15, 0.2) is 36.4 Å². The van der Waals surface area contributed by atoms with Crippen LogP contribution in [0.4, 0.5) is 0 Å². The summed E-state index contributed by atoms with van der Waals surface area (Å²) in [6, 6.07) is 14.1. The van der Waals surface area contributed by atoms with Crippen molar-refractivity contribution in [2.45, 2.75) is 6.92 Å². The zero-order valence-electron chi connectivity index (χ0n) is 10.1. The second-order valence-electron chi connectivity index (χ2n) is 3.95. The standard InChI is InChI=1S/C15H9ClN2O/c1-10-2-3-12(9-18)7-15(10)19-14-5-4-11(8-17)6-13(14)16/h2-7H,1H3. The molecule has 0 amide bonds. The molecule has 0 radical (unpaired) electrons. The maximum Gasteiger partial charge on any atom is 0.146 e. The van der Waals surface area contributed by atoms with E-state index in [4.69, 9.17) is 26.9 Å². The van der Waals surface area contributed by atoms with Crippen LogP contribution in [-0.4, -0.2) is 0 Å². The Kier molecular flexibility index (Phi) is 3.71. The van der Waals surface area contributed by atoms with Gasteiger partial charge in [0.05, 0.1) is 28.3 Å². The van der Waals surface area contributed by atoms with Crippen LogP contribution in [0, 0.1) is 29.6 Å². The highest BCUT2D eigenvalue weighted by atomic mass is 35.5. The second-order valence-corrected chi connectivity index (χ2v) is 4.36. The average molecular weight is 269 g/mol. The molecule has 2 rings (SSSR count). The Morgan fingerprint density at radius 3 is 2.21 bits per heavy atom. The molecule has 0 spiro atoms. The SMILES string of the molecule is Cc1ccc(C#N)cc1Oc1ccc(C#N)cc1Cl. The lowest BCUT2D eigenvalue weighted by molar-refractivity contribution is 0.479. The third kappa shape index (κ3) is 2.85. The number of rotatable bonds is 2. The van der Waals surface area contributed by atoms with Gasteiger partial charge in [-0.15, -0.1) is 0 Å². The number of benzene rings is 2. The van der Waals surface area contributed by atoms with Gasteiger partial charge < -0.3 is 4.74 Å². The Hall–Kier alpha value is -2.49. The number of ether oxygens (including phenoxy) is 1. The Balaban J connectivity index is 2.37. The molecule has 0 aliphatic rings. The molecular weight excluding hydrogens is 260 g/mol. The van der Waals surface area contributed by atoms with Gasteiger partial charge in [0.1, 0.15) is 11.5 Å². The van der Waals surface area contributed by atoms with Crippen LogP contribution in [0.2, 0.25) is 5.02 Å². The van der Waals surface area contributed by atoms with Crippen LogP contribution in [0.5, 0.6) is 11.5 Å². The van der Waals surface area contributed by atoms with Crippen molar-refractivity contribution in [3.05, 3.63) is 58.1 Å². The molecule has 4 heteroatoms. The molecule has 0 heterocycles. The molecule has 0 saturated heterocycles. The molecule has 92 valence electrons. The van der Waals surface area contributed by atoms with Crippen LogP contribution in [0.3, 0.4) is 0 Å². The lowest BCUT2D eigenvalue weighted by atomic mass is 10.1. The van der Waals surface area contributed by atoms with Crippen LogP contribution in [0.25, 0.3) is 0 Å². The van der Waals surface area contributed by atoms with E-state index in [0.717, 1.165) is 5.56 Å². The summed E-state index contributed by atoms with van der Waals surface area (Å²) < 4.78 is 5.69. The third-order valence-electron chi connectivity index (χ3n) is 2.60. The van der Waals surface area contributed by atoms with Crippen LogP contribution >= 0.6 is 11.6 Å². The number of nitrogens with zero attached hydrogens (tertiary/aromatic N) is 2. The molecular formula is C15H9ClN2O. The molecule has 19 heavy (non-hydrogen) atoms. The smallest absolute Gasteiger partial charge is 0.146 e. The van der Waals surface area contributed by atoms with Crippen molar-refractivity contribution in [2.75, 3.05) is 0 Å². The molecule has 0 unspecified atom stereocenters. The Bertz CT molecular complexity index is 711. The first kappa shape index (κ1) is 13.0. The molecule has 2 aromatic rings. The van der Waals surface area contributed by atoms with E-state index >= 15 is 0 Å². The number of halogens is 1. The van der Waals surface area contributed by atoms with E-state index in [2.05, 4.69) is 6.07 Å². The van der Waals surface area contributed by atoms with E-state index in [1.165, 1.54) is 0 Å². The Morgan fingerprint density at radius 1 is 0.947 bits per heavy atom. The van der Waals surface area contributed by atoms with Crippen LogP contribution < -0.4 is 4.74 Å². The summed E-state index contributed by atoms with van der Waals surface area (Å²) in [5.74, 6) is 1.03. The van der Waals surface area contributed by atoms with E-state index in [0.29, 0.717) is 27.6 Å². The first-order chi connectivity index (χ1) is 9.13. The fraction of sp³-hybridized carbons (Fsp3) is 0.0667. The van der Waals surface area contributed by atoms with Gasteiger partial charge in [0.2, 0.25) is 0 Å². The van der Waals surface area contributed by atoms with Gasteiger partial charge in [-0.3, -0.25) is 0 Å². The number of hydrogen-bond donors (Lipinski definition) is 0. The Labute approximate surface area is 116 Å². The van der Waals surface area contributed by atoms with Gasteiger partial charge in [-0.25, -0.2) is 0 Å². The van der Waals surface area contributed by atoms with E-state index in [-0.39, 0.29) is 0 Å². The molecule has 0 bridgehead atoms. The molecule has 2 aromatic carbocycles. The van der Waals surface area contributed by atoms with Crippen molar-refractivity contribution in [3.63, 3.8) is 0 Å². The quantitative estimate of drug-likeness (QED) is 0.821. The summed E-state index contributed by atoms with van der Waals surface area (Å²) in [6.45, 7) is 1.88. The number of hydrogen-bond acceptors (Lipinski definition) is 3. The van der Waals surface area contributed by atoms with Crippen molar-refractivity contribution in [1.29, 1.82) is 10.5 Å². The molecule has 0 aliphatic carbocycles. The van der Waals surface area contributed by atoms with Crippen molar-refractivity contribution >= 4 is 11.6 Å². The summed E-state index contributed by atoms with van der Waals surface area (Å²) in [6.07, 6.45) is 0. The lowest BCUT2D eigenvalue weighted by Gasteiger charge is -2.10. The molecule has 0 aliphatic heterocycles. The normalized spacial score (nSPS) is 9.47. The summed E-state index contributed by atoms with van der Waals surface area (Å²) in [7, 11) is 0. The van der Waals surface area contributed by atoms with Gasteiger partial charge in [-0.05, 0) is 42.8 Å². The summed E-state index contributed by atoms with van der Waals surface area (Å²) >= 11 is 6.04. The second kappa shape index (κ2) is 5.44. The third-order valence-corrected chi connectivity index (χ3v) is 2.89. The highest BCUT2D eigenvalue weighted by molar-refractivity contribution is 6.32. The Morgan fingerprint density at radius 2 is 1.58 bits per heavy atom. The maximum absolute atomic E-state index is 8.87. The minimum Gasteiger partial charge on any atom is -0.455 e. The van der Waals surface area contributed by atoms with E-state index in [1.807, 2.05) is 19.1 Å². The van der Waals surface area contributed by atoms with Crippen LogP contribution in [0.1, 0.15) is 16.7 Å². The first-order valence-corrected chi connectivity index (χ1v) is 5.90. The zero-order valence-corrected chi connectivity index (χ0v) is 10.9. The van der Waals surface area contributed by atoms with Gasteiger partial charge in [0.25, 0.3) is 0 Å². The molecule has 0 N–H and O–H groups in total. The highest BCUT2D eigenvalue weighted by Gasteiger charge is 2.07. The minimum atomic E-state index is 0.362. The van der Waals surface area contributed by atoms with Gasteiger partial charge >= 0.3 is 0 Å². The maximum atomic E-state index is 8.87. The van der Waals surface area contributed by atoms with Crippen molar-refractivity contribution < 1.29 is 4.74 Å². The molecule has 3 nitrogen and oxygen atoms in total. The molecule has 0 aromatic heterocycles. The first-order valence-electron chi connectivity index (χ1n) is 5.52. The molecule has 0 saturated carbocycles. The van der Waals surface area contributed by atoms with Gasteiger partial charge in [-0.2, -0.15) is 10.5 Å². The van der Waals surface area contributed by atoms with Gasteiger partial charge in [-0.1, -0.05) is 17.7 Å². The number of nitriles is 2. The van der Waals surface area contributed by atoms with Crippen molar-refractivity contribution in [2.24, 2.45) is 0 Å². The van der Waals surface area contributed by atoms with Gasteiger partial charge in [0.15, 0.2) is 0 Å². The predicted molar refractivity (Wildman–Crippen MR) is 72.1 cm³/mol. The van der Waals surface area contributed by atoms with Crippen molar-refractivity contribution in [1.82, 2.24) is 0 Å². The summed E-state index contributed by atoms with van der Waals surface area (Å²) in [5, 5.41) is 18.0. The zero-order chi connectivity index (χ0) is 13.8. The monoisotopic (exact) mass is 268 g/mol. The fourth-order valence-corrected chi connectivity index (χ4v) is 1.77. The van der Waals surface area contributed by atoms with Crippen molar-refractivity contribution in [3.8, 4) is 23.6 Å². The number of aryl methyl sites for hydroxylation is 1. The minimum absolute atomic E-state index is 0.362.